The van der Waals surface area contributed by atoms with E-state index >= 15 is 0 Å². The highest BCUT2D eigenvalue weighted by molar-refractivity contribution is 5.95. The molecule has 3 rings (SSSR count). The number of carbonyl (C=O) groups is 3. The van der Waals surface area contributed by atoms with E-state index in [0.717, 1.165) is 0 Å². The van der Waals surface area contributed by atoms with Crippen LogP contribution < -0.4 is 25.4 Å². The molecule has 1 aliphatic rings. The van der Waals surface area contributed by atoms with Gasteiger partial charge in [-0.3, -0.25) is 4.79 Å². The molecule has 1 atom stereocenters. The van der Waals surface area contributed by atoms with Crippen LogP contribution >= 0.6 is 0 Å². The molecular weight excluding hydrogens is 438 g/mol. The number of esters is 1. The maximum atomic E-state index is 12.8. The molecule has 1 heterocycles. The summed E-state index contributed by atoms with van der Waals surface area (Å²) in [6.45, 7) is 5.15. The number of anilines is 1. The van der Waals surface area contributed by atoms with Crippen molar-refractivity contribution in [3.63, 3.8) is 0 Å². The minimum Gasteiger partial charge on any atom is -0.493 e. The van der Waals surface area contributed by atoms with E-state index in [1.165, 1.54) is 7.11 Å². The number of allylic oxidation sites excluding steroid dienone is 1. The SMILES string of the molecule is CCC1=C(C(=O)OC(C)C)C(c2ccc(OCC(=O)Nc3ccccc3)c(OC)c2)NC(=O)N1. The zero-order valence-electron chi connectivity index (χ0n) is 19.6. The fourth-order valence-electron chi connectivity index (χ4n) is 3.51. The largest absolute Gasteiger partial charge is 0.493 e. The van der Waals surface area contributed by atoms with Crippen molar-refractivity contribution in [2.24, 2.45) is 0 Å². The van der Waals surface area contributed by atoms with E-state index in [1.54, 1.807) is 44.2 Å². The lowest BCUT2D eigenvalue weighted by molar-refractivity contribution is -0.143. The van der Waals surface area contributed by atoms with Crippen molar-refractivity contribution in [1.29, 1.82) is 0 Å². The monoisotopic (exact) mass is 467 g/mol. The fraction of sp³-hybridized carbons (Fsp3) is 0.320. The molecular formula is C25H29N3O6. The van der Waals surface area contributed by atoms with E-state index in [2.05, 4.69) is 16.0 Å². The van der Waals surface area contributed by atoms with E-state index in [1.807, 2.05) is 25.1 Å². The molecule has 1 unspecified atom stereocenters. The summed E-state index contributed by atoms with van der Waals surface area (Å²) in [5.74, 6) is -0.133. The summed E-state index contributed by atoms with van der Waals surface area (Å²) < 4.78 is 16.5. The van der Waals surface area contributed by atoms with E-state index in [0.29, 0.717) is 40.4 Å². The lowest BCUT2D eigenvalue weighted by Crippen LogP contribution is -2.46. The molecule has 0 fully saturated rings. The van der Waals surface area contributed by atoms with Crippen molar-refractivity contribution >= 4 is 23.6 Å². The van der Waals surface area contributed by atoms with Crippen LogP contribution in [0.2, 0.25) is 0 Å². The van der Waals surface area contributed by atoms with Gasteiger partial charge in [0.05, 0.1) is 24.8 Å². The molecule has 0 aromatic heterocycles. The first kappa shape index (κ1) is 24.6. The summed E-state index contributed by atoms with van der Waals surface area (Å²) in [4.78, 5) is 37.3. The molecule has 3 amide bonds. The molecule has 0 aliphatic carbocycles. The maximum absolute atomic E-state index is 12.8. The van der Waals surface area contributed by atoms with Crippen LogP contribution in [-0.4, -0.2) is 37.7 Å². The number of benzene rings is 2. The summed E-state index contributed by atoms with van der Waals surface area (Å²) in [7, 11) is 1.47. The number of carbonyl (C=O) groups excluding carboxylic acids is 3. The van der Waals surface area contributed by atoms with Gasteiger partial charge < -0.3 is 30.2 Å². The topological polar surface area (TPSA) is 115 Å². The molecule has 180 valence electrons. The zero-order valence-corrected chi connectivity index (χ0v) is 19.6. The minimum atomic E-state index is -0.737. The van der Waals surface area contributed by atoms with Gasteiger partial charge in [-0.25, -0.2) is 9.59 Å². The highest BCUT2D eigenvalue weighted by Gasteiger charge is 2.34. The summed E-state index contributed by atoms with van der Waals surface area (Å²) in [6, 6.07) is 12.9. The predicted molar refractivity (Wildman–Crippen MR) is 127 cm³/mol. The number of ether oxygens (including phenoxy) is 3. The Morgan fingerprint density at radius 2 is 1.82 bits per heavy atom. The summed E-state index contributed by atoms with van der Waals surface area (Å²) in [6.07, 6.45) is 0.130. The van der Waals surface area contributed by atoms with E-state index in [9.17, 15) is 14.4 Å². The first-order valence-electron chi connectivity index (χ1n) is 11.0. The van der Waals surface area contributed by atoms with E-state index in [4.69, 9.17) is 14.2 Å². The molecule has 9 nitrogen and oxygen atoms in total. The van der Waals surface area contributed by atoms with E-state index in [-0.39, 0.29) is 18.6 Å². The average Bonchev–Trinajstić information content (AvgIpc) is 2.82. The van der Waals surface area contributed by atoms with Crippen LogP contribution in [0.1, 0.15) is 38.8 Å². The molecule has 0 bridgehead atoms. The number of rotatable bonds is 9. The van der Waals surface area contributed by atoms with Crippen molar-refractivity contribution < 1.29 is 28.6 Å². The van der Waals surface area contributed by atoms with Gasteiger partial charge in [0.1, 0.15) is 0 Å². The van der Waals surface area contributed by atoms with Gasteiger partial charge in [0.2, 0.25) is 0 Å². The second kappa shape index (κ2) is 11.2. The molecule has 0 radical (unpaired) electrons. The number of para-hydroxylation sites is 1. The second-order valence-electron chi connectivity index (χ2n) is 7.84. The Bertz CT molecular complexity index is 1080. The molecule has 0 saturated heterocycles. The van der Waals surface area contributed by atoms with Gasteiger partial charge in [-0.05, 0) is 50.1 Å². The summed E-state index contributed by atoms with van der Waals surface area (Å²) in [5.41, 5.74) is 2.10. The highest BCUT2D eigenvalue weighted by atomic mass is 16.5. The van der Waals surface area contributed by atoms with Gasteiger partial charge in [-0.15, -0.1) is 0 Å². The quantitative estimate of drug-likeness (QED) is 0.485. The second-order valence-corrected chi connectivity index (χ2v) is 7.84. The Hall–Kier alpha value is -4.01. The number of hydrogen-bond acceptors (Lipinski definition) is 6. The van der Waals surface area contributed by atoms with Crippen molar-refractivity contribution in [1.82, 2.24) is 10.6 Å². The normalized spacial score (nSPS) is 15.3. The molecule has 9 heteroatoms. The molecule has 2 aromatic rings. The average molecular weight is 468 g/mol. The Morgan fingerprint density at radius 3 is 2.47 bits per heavy atom. The van der Waals surface area contributed by atoms with Gasteiger partial charge in [0, 0.05) is 11.4 Å². The van der Waals surface area contributed by atoms with Crippen LogP contribution in [0, 0.1) is 0 Å². The first-order valence-corrected chi connectivity index (χ1v) is 11.0. The molecule has 2 aromatic carbocycles. The van der Waals surface area contributed by atoms with Gasteiger partial charge in [0.15, 0.2) is 18.1 Å². The first-order chi connectivity index (χ1) is 16.3. The predicted octanol–water partition coefficient (Wildman–Crippen LogP) is 3.68. The number of urea groups is 1. The smallest absolute Gasteiger partial charge is 0.338 e. The minimum absolute atomic E-state index is 0.222. The van der Waals surface area contributed by atoms with Crippen LogP contribution in [-0.2, 0) is 14.3 Å². The third kappa shape index (κ3) is 6.06. The van der Waals surface area contributed by atoms with Crippen LogP contribution in [0.25, 0.3) is 0 Å². The Labute approximate surface area is 198 Å². The van der Waals surface area contributed by atoms with Gasteiger partial charge >= 0.3 is 12.0 Å². The lowest BCUT2D eigenvalue weighted by Gasteiger charge is -2.30. The van der Waals surface area contributed by atoms with E-state index < -0.39 is 18.0 Å². The standard InChI is InChI=1S/C25H29N3O6/c1-5-18-22(24(30)34-15(2)3)23(28-25(31)27-18)16-11-12-19(20(13-16)32-4)33-14-21(29)26-17-9-7-6-8-10-17/h6-13,15,23H,5,14H2,1-4H3,(H,26,29)(H2,27,28,31). The van der Waals surface area contributed by atoms with Crippen LogP contribution in [0.3, 0.4) is 0 Å². The third-order valence-electron chi connectivity index (χ3n) is 5.01. The van der Waals surface area contributed by atoms with Crippen molar-refractivity contribution in [3.05, 3.63) is 65.4 Å². The number of nitrogens with one attached hydrogen (secondary N) is 3. The summed E-state index contributed by atoms with van der Waals surface area (Å²) >= 11 is 0. The Balaban J connectivity index is 1.81. The van der Waals surface area contributed by atoms with Crippen LogP contribution in [0.5, 0.6) is 11.5 Å². The lowest BCUT2D eigenvalue weighted by atomic mass is 9.94. The van der Waals surface area contributed by atoms with Crippen LogP contribution in [0.15, 0.2) is 59.8 Å². The molecule has 1 aliphatic heterocycles. The fourth-order valence-corrected chi connectivity index (χ4v) is 3.51. The van der Waals surface area contributed by atoms with Crippen molar-refractivity contribution in [3.8, 4) is 11.5 Å². The van der Waals surface area contributed by atoms with Gasteiger partial charge in [-0.1, -0.05) is 31.2 Å². The Morgan fingerprint density at radius 1 is 1.09 bits per heavy atom. The van der Waals surface area contributed by atoms with Crippen LogP contribution in [0.4, 0.5) is 10.5 Å². The zero-order chi connectivity index (χ0) is 24.7. The van der Waals surface area contributed by atoms with Gasteiger partial charge in [0.25, 0.3) is 5.91 Å². The maximum Gasteiger partial charge on any atom is 0.338 e. The molecule has 3 N–H and O–H groups in total. The van der Waals surface area contributed by atoms with Gasteiger partial charge in [-0.2, -0.15) is 0 Å². The molecule has 34 heavy (non-hydrogen) atoms. The van der Waals surface area contributed by atoms with Crippen molar-refractivity contribution in [2.45, 2.75) is 39.3 Å². The summed E-state index contributed by atoms with van der Waals surface area (Å²) in [5, 5.41) is 8.22. The van der Waals surface area contributed by atoms with Crippen molar-refractivity contribution in [2.75, 3.05) is 19.0 Å². The molecule has 0 spiro atoms. The number of methoxy groups -OCH3 is 1. The number of hydrogen-bond donors (Lipinski definition) is 3. The number of amides is 3. The molecule has 0 saturated carbocycles. The third-order valence-corrected chi connectivity index (χ3v) is 5.01. The highest BCUT2D eigenvalue weighted by Crippen LogP contribution is 2.35. The Kier molecular flexibility index (Phi) is 8.13.